The summed E-state index contributed by atoms with van der Waals surface area (Å²) in [4.78, 5) is 0. The van der Waals surface area contributed by atoms with Gasteiger partial charge in [0.1, 0.15) is 16.5 Å². The van der Waals surface area contributed by atoms with Gasteiger partial charge in [-0.15, -0.1) is 0 Å². The molecule has 0 fully saturated rings. The predicted octanol–water partition coefficient (Wildman–Crippen LogP) is 4.71. The van der Waals surface area contributed by atoms with E-state index in [1.54, 1.807) is 0 Å². The summed E-state index contributed by atoms with van der Waals surface area (Å²) in [6, 6.07) is 17.3. The average molecular weight is 533 g/mol. The van der Waals surface area contributed by atoms with Crippen molar-refractivity contribution in [3.63, 3.8) is 0 Å². The molecule has 0 heterocycles. The molecule has 0 aliphatic heterocycles. The van der Waals surface area contributed by atoms with E-state index in [1.807, 2.05) is 0 Å². The second kappa shape index (κ2) is 10.0. The Hall–Kier alpha value is -1.25. The number of nitrogens with two attached hydrogens (primary N) is 4. The molecule has 0 aliphatic rings. The van der Waals surface area contributed by atoms with Gasteiger partial charge in [0, 0.05) is 11.4 Å². The van der Waals surface area contributed by atoms with E-state index in [1.165, 1.54) is 11.1 Å². The van der Waals surface area contributed by atoms with Gasteiger partial charge in [-0.25, -0.2) is 0 Å². The first-order valence-corrected chi connectivity index (χ1v) is 24.4. The average Bonchev–Trinajstić information content (AvgIpc) is 2.66. The summed E-state index contributed by atoms with van der Waals surface area (Å²) in [5.74, 6) is 0.918. The smallest absolute Gasteiger partial charge is 0.343 e. The van der Waals surface area contributed by atoms with Crippen LogP contribution in [0.25, 0.3) is 0 Å². The van der Waals surface area contributed by atoms with E-state index in [2.05, 4.69) is 124 Å². The summed E-state index contributed by atoms with van der Waals surface area (Å²) in [7, 11) is -10.7. The lowest BCUT2D eigenvalue weighted by Crippen LogP contribution is -3.00. The first-order valence-electron chi connectivity index (χ1n) is 12.3. The van der Waals surface area contributed by atoms with Crippen LogP contribution in [0.4, 0.5) is 11.4 Å². The summed E-state index contributed by atoms with van der Waals surface area (Å²) >= 11 is 0. The molecule has 2 aromatic carbocycles. The fourth-order valence-electron chi connectivity index (χ4n) is 4.69. The van der Waals surface area contributed by atoms with Crippen molar-refractivity contribution in [2.24, 2.45) is 21.6 Å². The van der Waals surface area contributed by atoms with Gasteiger partial charge in [-0.05, 0) is 47.2 Å². The van der Waals surface area contributed by atoms with Crippen LogP contribution < -0.4 is 30.1 Å². The van der Waals surface area contributed by atoms with Crippen LogP contribution in [0.5, 0.6) is 0 Å². The van der Waals surface area contributed by atoms with Crippen LogP contribution >= 0.6 is 0 Å². The highest BCUT2D eigenvalue weighted by Gasteiger charge is 2.61. The van der Waals surface area contributed by atoms with Crippen LogP contribution in [0.3, 0.4) is 0 Å². The molecule has 0 bridgehead atoms. The topological polar surface area (TPSA) is 111 Å². The lowest BCUT2D eigenvalue weighted by atomic mass is 10.0. The summed E-state index contributed by atoms with van der Waals surface area (Å²) in [5.41, 5.74) is 4.66. The molecule has 190 valence electrons. The minimum Gasteiger partial charge on any atom is -0.400 e. The molecule has 0 spiro atoms. The third-order valence-electron chi connectivity index (χ3n) is 6.36. The molecule has 2 rings (SSSR count). The molecule has 0 saturated carbocycles. The summed E-state index contributed by atoms with van der Waals surface area (Å²) in [6.45, 7) is 22.4. The van der Waals surface area contributed by atoms with Crippen molar-refractivity contribution in [2.45, 2.75) is 78.8 Å². The van der Waals surface area contributed by atoms with Gasteiger partial charge in [0.05, 0.1) is 0 Å². The Balaban J connectivity index is 2.66. The molecule has 34 heavy (non-hydrogen) atoms. The van der Waals surface area contributed by atoms with Crippen LogP contribution in [0, 0.1) is 0 Å². The van der Waals surface area contributed by atoms with Crippen molar-refractivity contribution >= 4 is 44.0 Å². The number of benzene rings is 2. The maximum absolute atomic E-state index is 7.24. The van der Waals surface area contributed by atoms with Gasteiger partial charge in [-0.2, -0.15) is 0 Å². The fourth-order valence-corrected chi connectivity index (χ4v) is 29.5. The molecule has 10 heteroatoms. The largest absolute Gasteiger partial charge is 0.400 e. The van der Waals surface area contributed by atoms with Gasteiger partial charge in [0.2, 0.25) is 0 Å². The van der Waals surface area contributed by atoms with E-state index < -0.39 is 32.6 Å². The van der Waals surface area contributed by atoms with Crippen LogP contribution in [0.15, 0.2) is 48.5 Å². The minimum atomic E-state index is -3.32. The van der Waals surface area contributed by atoms with Crippen molar-refractivity contribution in [2.75, 3.05) is 8.46 Å². The maximum atomic E-state index is 7.24. The van der Waals surface area contributed by atoms with Crippen LogP contribution in [-0.4, -0.2) is 32.6 Å². The van der Waals surface area contributed by atoms with Gasteiger partial charge in [0.15, 0.2) is 0 Å². The maximum Gasteiger partial charge on any atom is 0.343 e. The molecule has 0 unspecified atom stereocenters. The summed E-state index contributed by atoms with van der Waals surface area (Å²) < 4.78 is 4.60. The van der Waals surface area contributed by atoms with E-state index in [4.69, 9.17) is 21.6 Å². The number of hydrogen-bond acceptors (Lipinski definition) is 6. The minimum absolute atomic E-state index is 0.459. The van der Waals surface area contributed by atoms with E-state index in [0.29, 0.717) is 11.8 Å². The lowest BCUT2D eigenvalue weighted by Gasteiger charge is -2.56. The third-order valence-corrected chi connectivity index (χ3v) is 25.6. The molecule has 2 aromatic rings. The first kappa shape index (κ1) is 29.0. The first-order chi connectivity index (χ1) is 15.3. The number of rotatable bonds is 9. The van der Waals surface area contributed by atoms with E-state index in [-0.39, 0.29) is 0 Å². The molecular formula is C24H48N6Si4. The molecule has 0 amide bonds. The van der Waals surface area contributed by atoms with Crippen LogP contribution in [-0.2, 0) is 0 Å². The molecule has 0 atom stereocenters. The molecule has 0 aromatic heterocycles. The zero-order chi connectivity index (χ0) is 26.3. The number of nitrogens with zero attached hydrogens (tertiary/aromatic N) is 2. The highest BCUT2D eigenvalue weighted by atomic mass is 29.3. The van der Waals surface area contributed by atoms with Crippen molar-refractivity contribution < 1.29 is 0 Å². The van der Waals surface area contributed by atoms with Crippen molar-refractivity contribution in [1.29, 1.82) is 0 Å². The summed E-state index contributed by atoms with van der Waals surface area (Å²) in [6.07, 6.45) is 0. The fraction of sp³-hybridized carbons (Fsp3) is 0.500. The number of anilines is 2. The molecule has 8 N–H and O–H groups in total. The van der Waals surface area contributed by atoms with Gasteiger partial charge < -0.3 is 30.1 Å². The quantitative estimate of drug-likeness (QED) is 0.348. The predicted molar refractivity (Wildman–Crippen MR) is 161 cm³/mol. The Morgan fingerprint density at radius 1 is 0.500 bits per heavy atom. The Morgan fingerprint density at radius 2 is 0.735 bits per heavy atom. The van der Waals surface area contributed by atoms with Crippen LogP contribution in [0.2, 0.25) is 39.3 Å². The van der Waals surface area contributed by atoms with Crippen LogP contribution in [0.1, 0.15) is 50.7 Å². The number of hydrogen-bond donors (Lipinski definition) is 4. The highest BCUT2D eigenvalue weighted by molar-refractivity contribution is 7.44. The Bertz CT molecular complexity index is 866. The second-order valence-electron chi connectivity index (χ2n) is 12.2. The van der Waals surface area contributed by atoms with Gasteiger partial charge >= 0.3 is 16.2 Å². The van der Waals surface area contributed by atoms with E-state index >= 15 is 0 Å². The SMILES string of the molecule is CC(C)c1ccc(N([Si](C)(C)C)[Si](N)(N)[Si](N)(N)N(c2ccc(C(C)C)cc2)[Si](C)(C)C)cc1. The van der Waals surface area contributed by atoms with Crippen molar-refractivity contribution in [1.82, 2.24) is 0 Å². The summed E-state index contributed by atoms with van der Waals surface area (Å²) in [5, 5.41) is 28.9. The third kappa shape index (κ3) is 5.93. The monoisotopic (exact) mass is 532 g/mol. The normalized spacial score (nSPS) is 13.5. The van der Waals surface area contributed by atoms with E-state index in [0.717, 1.165) is 11.4 Å². The zero-order valence-electron chi connectivity index (χ0n) is 23.0. The molecule has 0 saturated heterocycles. The van der Waals surface area contributed by atoms with Crippen molar-refractivity contribution in [3.8, 4) is 0 Å². The Kier molecular flexibility index (Phi) is 8.54. The second-order valence-corrected chi connectivity index (χ2v) is 31.6. The molecule has 0 radical (unpaired) electrons. The Labute approximate surface area is 212 Å². The molecule has 6 nitrogen and oxygen atoms in total. The standard InChI is InChI=1S/C24H48N6Si4/c1-19(2)21-11-15-23(16-12-21)29(31(5,6)7)33(25,26)34(27,28)30(32(8,9)10)24-17-13-22(14-18-24)20(3)4/h11-20H,25-28H2,1-10H3. The van der Waals surface area contributed by atoms with Gasteiger partial charge in [-0.3, -0.25) is 0 Å². The molecule has 0 aliphatic carbocycles. The zero-order valence-corrected chi connectivity index (χ0v) is 27.0. The van der Waals surface area contributed by atoms with Gasteiger partial charge in [0.25, 0.3) is 0 Å². The Morgan fingerprint density at radius 3 is 0.912 bits per heavy atom. The lowest BCUT2D eigenvalue weighted by molar-refractivity contribution is 0.866. The van der Waals surface area contributed by atoms with Gasteiger partial charge in [-0.1, -0.05) is 91.2 Å². The molecular weight excluding hydrogens is 485 g/mol. The van der Waals surface area contributed by atoms with Crippen molar-refractivity contribution in [3.05, 3.63) is 59.7 Å². The van der Waals surface area contributed by atoms with E-state index in [9.17, 15) is 0 Å². The highest BCUT2D eigenvalue weighted by Crippen LogP contribution is 2.32.